The van der Waals surface area contributed by atoms with Crippen molar-refractivity contribution in [2.75, 3.05) is 6.54 Å². The summed E-state index contributed by atoms with van der Waals surface area (Å²) in [5.41, 5.74) is 3.32. The van der Waals surface area contributed by atoms with Crippen LogP contribution in [0.2, 0.25) is 0 Å². The number of β-amino-alcohol motifs (C(OH)–C–C–N with tert-alkyl or cyclic N) is 1. The summed E-state index contributed by atoms with van der Waals surface area (Å²) in [5.74, 6) is -1.65. The number of aryl methyl sites for hydroxylation is 2. The number of benzene rings is 2. The maximum absolute atomic E-state index is 12.7. The minimum atomic E-state index is -0.796. The van der Waals surface area contributed by atoms with Crippen molar-refractivity contribution in [3.8, 4) is 0 Å². The van der Waals surface area contributed by atoms with E-state index in [0.29, 0.717) is 11.1 Å². The van der Waals surface area contributed by atoms with Gasteiger partial charge in [0, 0.05) is 12.1 Å². The van der Waals surface area contributed by atoms with E-state index >= 15 is 0 Å². The van der Waals surface area contributed by atoms with E-state index in [4.69, 9.17) is 0 Å². The van der Waals surface area contributed by atoms with Crippen molar-refractivity contribution in [1.82, 2.24) is 4.90 Å². The van der Waals surface area contributed by atoms with Crippen LogP contribution in [-0.4, -0.2) is 39.5 Å². The highest BCUT2D eigenvalue weighted by atomic mass is 16.3. The van der Waals surface area contributed by atoms with Crippen LogP contribution in [0.15, 0.2) is 54.1 Å². The highest BCUT2D eigenvalue weighted by Gasteiger charge is 2.46. The maximum atomic E-state index is 12.7. The van der Waals surface area contributed by atoms with Crippen LogP contribution in [0.1, 0.15) is 35.2 Å². The van der Waals surface area contributed by atoms with Crippen LogP contribution in [0.4, 0.5) is 0 Å². The molecule has 0 radical (unpaired) electrons. The minimum absolute atomic E-state index is 0.00773. The van der Waals surface area contributed by atoms with E-state index in [9.17, 15) is 19.8 Å². The molecule has 0 bridgehead atoms. The largest absolute Gasteiger partial charge is 0.507 e. The van der Waals surface area contributed by atoms with Crippen LogP contribution in [0, 0.1) is 13.8 Å². The van der Waals surface area contributed by atoms with Gasteiger partial charge >= 0.3 is 0 Å². The number of carbonyl (C=O) groups excluding carboxylic acids is 2. The Kier molecular flexibility index (Phi) is 5.15. The van der Waals surface area contributed by atoms with Crippen LogP contribution < -0.4 is 0 Å². The van der Waals surface area contributed by atoms with E-state index in [1.165, 1.54) is 4.90 Å². The van der Waals surface area contributed by atoms with E-state index in [-0.39, 0.29) is 17.9 Å². The van der Waals surface area contributed by atoms with Gasteiger partial charge in [-0.15, -0.1) is 0 Å². The number of aliphatic hydroxyl groups is 2. The van der Waals surface area contributed by atoms with E-state index in [1.807, 2.05) is 50.2 Å². The lowest BCUT2D eigenvalue weighted by Crippen LogP contribution is -2.35. The molecular formula is C22H23NO4. The first kappa shape index (κ1) is 18.9. The predicted octanol–water partition coefficient (Wildman–Crippen LogP) is 3.11. The van der Waals surface area contributed by atoms with Gasteiger partial charge in [0.05, 0.1) is 17.7 Å². The van der Waals surface area contributed by atoms with Gasteiger partial charge in [0.25, 0.3) is 11.7 Å². The van der Waals surface area contributed by atoms with Crippen LogP contribution in [0.3, 0.4) is 0 Å². The molecule has 0 aromatic heterocycles. The molecule has 1 heterocycles. The maximum Gasteiger partial charge on any atom is 0.295 e. The summed E-state index contributed by atoms with van der Waals surface area (Å²) in [5, 5.41) is 20.7. The fraction of sp³-hybridized carbons (Fsp3) is 0.273. The normalized spacial score (nSPS) is 20.1. The van der Waals surface area contributed by atoms with Gasteiger partial charge in [-0.05, 0) is 26.3 Å². The number of Topliss-reactive ketones (excluding diaryl/α,β-unsaturated/α-hetero) is 1. The van der Waals surface area contributed by atoms with E-state index in [1.54, 1.807) is 19.1 Å². The quantitative estimate of drug-likeness (QED) is 0.496. The number of hydrogen-bond donors (Lipinski definition) is 2. The number of ketones is 1. The summed E-state index contributed by atoms with van der Waals surface area (Å²) < 4.78 is 0. The van der Waals surface area contributed by atoms with Crippen LogP contribution in [0.25, 0.3) is 5.76 Å². The molecule has 2 N–H and O–H groups in total. The lowest BCUT2D eigenvalue weighted by atomic mass is 9.94. The molecule has 5 nitrogen and oxygen atoms in total. The minimum Gasteiger partial charge on any atom is -0.507 e. The summed E-state index contributed by atoms with van der Waals surface area (Å²) in [6.45, 7) is 5.44. The first-order valence-corrected chi connectivity index (χ1v) is 8.89. The van der Waals surface area contributed by atoms with Crippen molar-refractivity contribution in [1.29, 1.82) is 0 Å². The average molecular weight is 365 g/mol. The molecule has 5 heteroatoms. The molecule has 2 aromatic carbocycles. The number of rotatable bonds is 4. The van der Waals surface area contributed by atoms with Gasteiger partial charge in [-0.2, -0.15) is 0 Å². The van der Waals surface area contributed by atoms with Gasteiger partial charge in [-0.3, -0.25) is 9.59 Å². The summed E-state index contributed by atoms with van der Waals surface area (Å²) in [6, 6.07) is 13.8. The molecule has 1 saturated heterocycles. The van der Waals surface area contributed by atoms with E-state index < -0.39 is 23.8 Å². The molecule has 1 aliphatic heterocycles. The number of amides is 1. The topological polar surface area (TPSA) is 77.8 Å². The van der Waals surface area contributed by atoms with Gasteiger partial charge in [-0.1, -0.05) is 59.7 Å². The fourth-order valence-electron chi connectivity index (χ4n) is 3.32. The highest BCUT2D eigenvalue weighted by Crippen LogP contribution is 2.39. The Morgan fingerprint density at radius 2 is 1.52 bits per heavy atom. The average Bonchev–Trinajstić information content (AvgIpc) is 2.87. The Hall–Kier alpha value is -2.92. The molecule has 1 amide bonds. The third kappa shape index (κ3) is 3.64. The smallest absolute Gasteiger partial charge is 0.295 e. The van der Waals surface area contributed by atoms with Crippen molar-refractivity contribution in [2.45, 2.75) is 32.9 Å². The lowest BCUT2D eigenvalue weighted by Gasteiger charge is -2.26. The third-order valence-corrected chi connectivity index (χ3v) is 4.72. The number of hydrogen-bond acceptors (Lipinski definition) is 4. The molecule has 1 fully saturated rings. The molecule has 0 spiro atoms. The van der Waals surface area contributed by atoms with Crippen molar-refractivity contribution in [2.24, 2.45) is 0 Å². The second kappa shape index (κ2) is 7.37. The Morgan fingerprint density at radius 1 is 1.00 bits per heavy atom. The summed E-state index contributed by atoms with van der Waals surface area (Å²) in [7, 11) is 0. The van der Waals surface area contributed by atoms with Crippen molar-refractivity contribution in [3.63, 3.8) is 0 Å². The Labute approximate surface area is 158 Å². The van der Waals surface area contributed by atoms with Crippen molar-refractivity contribution in [3.05, 3.63) is 76.4 Å². The van der Waals surface area contributed by atoms with Crippen LogP contribution in [0.5, 0.6) is 0 Å². The van der Waals surface area contributed by atoms with E-state index in [2.05, 4.69) is 0 Å². The number of nitrogens with zero attached hydrogens (tertiary/aromatic N) is 1. The van der Waals surface area contributed by atoms with Gasteiger partial charge in [0.15, 0.2) is 0 Å². The molecule has 0 saturated carbocycles. The van der Waals surface area contributed by atoms with Crippen molar-refractivity contribution < 1.29 is 19.8 Å². The highest BCUT2D eigenvalue weighted by molar-refractivity contribution is 6.46. The zero-order valence-corrected chi connectivity index (χ0v) is 15.6. The van der Waals surface area contributed by atoms with Gasteiger partial charge in [0.2, 0.25) is 0 Å². The number of likely N-dealkylation sites (tertiary alicyclic amines) is 1. The monoisotopic (exact) mass is 365 g/mol. The Balaban J connectivity index is 2.17. The van der Waals surface area contributed by atoms with Crippen LogP contribution in [-0.2, 0) is 9.59 Å². The molecule has 2 aromatic rings. The first-order valence-electron chi connectivity index (χ1n) is 8.89. The van der Waals surface area contributed by atoms with Crippen LogP contribution >= 0.6 is 0 Å². The second-order valence-electron chi connectivity index (χ2n) is 7.08. The molecule has 0 unspecified atom stereocenters. The van der Waals surface area contributed by atoms with Gasteiger partial charge in [-0.25, -0.2) is 0 Å². The fourth-order valence-corrected chi connectivity index (χ4v) is 3.32. The molecular weight excluding hydrogens is 342 g/mol. The third-order valence-electron chi connectivity index (χ3n) is 4.72. The second-order valence-corrected chi connectivity index (χ2v) is 7.08. The number of aliphatic hydroxyl groups excluding tert-OH is 2. The molecule has 140 valence electrons. The Morgan fingerprint density at radius 3 is 2.04 bits per heavy atom. The molecule has 0 aliphatic carbocycles. The molecule has 2 atom stereocenters. The summed E-state index contributed by atoms with van der Waals surface area (Å²) >= 11 is 0. The van der Waals surface area contributed by atoms with Gasteiger partial charge in [0.1, 0.15) is 5.76 Å². The lowest BCUT2D eigenvalue weighted by molar-refractivity contribution is -0.140. The zero-order chi connectivity index (χ0) is 19.7. The molecule has 1 aliphatic rings. The predicted molar refractivity (Wildman–Crippen MR) is 103 cm³/mol. The first-order chi connectivity index (χ1) is 12.8. The summed E-state index contributed by atoms with van der Waals surface area (Å²) in [4.78, 5) is 26.7. The zero-order valence-electron chi connectivity index (χ0n) is 15.6. The molecule has 3 rings (SSSR count). The summed E-state index contributed by atoms with van der Waals surface area (Å²) in [6.07, 6.45) is -0.796. The van der Waals surface area contributed by atoms with Crippen molar-refractivity contribution >= 4 is 17.4 Å². The number of carbonyl (C=O) groups is 2. The van der Waals surface area contributed by atoms with E-state index in [0.717, 1.165) is 11.1 Å². The SMILES string of the molecule is Cc1ccc(C(O)=C2C(=O)C(=O)N(C[C@H](C)O)[C@H]2c2ccc(C)cc2)cc1. The van der Waals surface area contributed by atoms with Gasteiger partial charge < -0.3 is 15.1 Å². The standard InChI is InChI=1S/C22H23NO4/c1-13-4-8-16(9-5-13)19-18(20(25)17-10-6-14(2)7-11-17)21(26)22(27)23(19)12-15(3)24/h4-11,15,19,24-25H,12H2,1-3H3/t15-,19-/m0/s1. The molecule has 27 heavy (non-hydrogen) atoms. The Bertz CT molecular complexity index is 895.